The van der Waals surface area contributed by atoms with Crippen LogP contribution in [0.25, 0.3) is 11.2 Å². The number of fused-ring (bicyclic) bond motifs is 2. The summed E-state index contributed by atoms with van der Waals surface area (Å²) in [7, 11) is 0. The van der Waals surface area contributed by atoms with E-state index in [9.17, 15) is 29.1 Å². The maximum absolute atomic E-state index is 13.4. The molecular formula is C34H38N8O7. The van der Waals surface area contributed by atoms with Crippen molar-refractivity contribution in [1.82, 2.24) is 30.5 Å². The fourth-order valence-electron chi connectivity index (χ4n) is 5.39. The van der Waals surface area contributed by atoms with E-state index in [1.807, 2.05) is 6.92 Å². The fourth-order valence-corrected chi connectivity index (χ4v) is 5.39. The second-order valence-corrected chi connectivity index (χ2v) is 11.6. The van der Waals surface area contributed by atoms with E-state index in [4.69, 9.17) is 10.5 Å². The third kappa shape index (κ3) is 8.37. The minimum atomic E-state index is -0.892. The van der Waals surface area contributed by atoms with Crippen molar-refractivity contribution in [3.8, 4) is 11.5 Å². The molecule has 1 aliphatic rings. The number of carbonyl (C=O) groups excluding carboxylic acids is 4. The Balaban J connectivity index is 1.44. The minimum Gasteiger partial charge on any atom is -0.508 e. The standard InChI is InChI=1S/C34H38N8O7/c1-3-42-17-25(30(45)29-31(42)38-19(2)16-37-29)33(47)39-21-6-9-27-24(15-21)32(46)36-13-11-28(44)41-26(10-12-35)34(48)40-22(18-49-27)14-20-4-7-23(43)8-5-20/h4-9,15-17,22,26,43H,3,10-14,18,35H2,1-2H3,(H,36,46)(H,39,47)(H,40,48)(H,41,44)/t22-,26-/m1/s1. The van der Waals surface area contributed by atoms with E-state index in [1.165, 1.54) is 42.7 Å². The van der Waals surface area contributed by atoms with Crippen LogP contribution >= 0.6 is 0 Å². The van der Waals surface area contributed by atoms with Crippen LogP contribution in [0.4, 0.5) is 5.69 Å². The minimum absolute atomic E-state index is 0.0463. The summed E-state index contributed by atoms with van der Waals surface area (Å²) < 4.78 is 7.77. The van der Waals surface area contributed by atoms with Gasteiger partial charge in [-0.2, -0.15) is 0 Å². The number of ether oxygens (including phenoxy) is 1. The molecular weight excluding hydrogens is 632 g/mol. The van der Waals surface area contributed by atoms with Crippen molar-refractivity contribution >= 4 is 40.5 Å². The molecule has 0 saturated heterocycles. The molecule has 0 aliphatic carbocycles. The lowest BCUT2D eigenvalue weighted by Gasteiger charge is -2.25. The lowest BCUT2D eigenvalue weighted by atomic mass is 10.0. The Bertz CT molecular complexity index is 1940. The highest BCUT2D eigenvalue weighted by molar-refractivity contribution is 6.06. The number of benzene rings is 2. The number of hydrogen-bond donors (Lipinski definition) is 6. The SMILES string of the molecule is CCn1cc(C(=O)Nc2ccc3c(c2)C(=O)NCCC(=O)N[C@H](CCN)C(=O)N[C@H](Cc2ccc(O)cc2)CO3)c(=O)c2ncc(C)nc21. The van der Waals surface area contributed by atoms with Gasteiger partial charge in [0.25, 0.3) is 11.8 Å². The lowest BCUT2D eigenvalue weighted by molar-refractivity contribution is -0.129. The fraction of sp³-hybridized carbons (Fsp3) is 0.324. The summed E-state index contributed by atoms with van der Waals surface area (Å²) in [6, 6.07) is 9.39. The molecule has 0 radical (unpaired) electrons. The van der Waals surface area contributed by atoms with Crippen molar-refractivity contribution in [1.29, 1.82) is 0 Å². The predicted molar refractivity (Wildman–Crippen MR) is 180 cm³/mol. The zero-order valence-corrected chi connectivity index (χ0v) is 27.1. The first-order valence-corrected chi connectivity index (χ1v) is 15.9. The van der Waals surface area contributed by atoms with E-state index >= 15 is 0 Å². The average Bonchev–Trinajstić information content (AvgIpc) is 3.08. The number of nitrogens with zero attached hydrogens (tertiary/aromatic N) is 3. The average molecular weight is 671 g/mol. The molecule has 256 valence electrons. The number of hydrogen-bond acceptors (Lipinski definition) is 10. The number of pyridine rings is 1. The first kappa shape index (κ1) is 34.5. The molecule has 0 bridgehead atoms. The Kier molecular flexibility index (Phi) is 10.8. The third-order valence-electron chi connectivity index (χ3n) is 7.91. The van der Waals surface area contributed by atoms with Crippen molar-refractivity contribution in [2.24, 2.45) is 5.73 Å². The molecule has 2 aromatic carbocycles. The number of phenolic OH excluding ortho intramolecular Hbond substituents is 1. The van der Waals surface area contributed by atoms with Crippen LogP contribution in [-0.2, 0) is 22.6 Å². The molecule has 7 N–H and O–H groups in total. The Morgan fingerprint density at radius 1 is 1.12 bits per heavy atom. The largest absolute Gasteiger partial charge is 0.508 e. The highest BCUT2D eigenvalue weighted by atomic mass is 16.5. The van der Waals surface area contributed by atoms with Gasteiger partial charge in [-0.1, -0.05) is 12.1 Å². The zero-order chi connectivity index (χ0) is 35.1. The molecule has 49 heavy (non-hydrogen) atoms. The molecule has 5 rings (SSSR count). The third-order valence-corrected chi connectivity index (χ3v) is 7.91. The van der Waals surface area contributed by atoms with E-state index in [1.54, 1.807) is 23.6 Å². The summed E-state index contributed by atoms with van der Waals surface area (Å²) in [5.74, 6) is -1.93. The van der Waals surface area contributed by atoms with E-state index < -0.39 is 41.1 Å². The van der Waals surface area contributed by atoms with Crippen molar-refractivity contribution in [2.75, 3.05) is 25.0 Å². The molecule has 2 atom stereocenters. The smallest absolute Gasteiger partial charge is 0.261 e. The van der Waals surface area contributed by atoms with Gasteiger partial charge in [0.2, 0.25) is 17.2 Å². The molecule has 4 aromatic rings. The Morgan fingerprint density at radius 2 is 1.90 bits per heavy atom. The molecule has 0 fully saturated rings. The first-order valence-electron chi connectivity index (χ1n) is 15.9. The molecule has 2 aromatic heterocycles. The Hall–Kier alpha value is -5.83. The van der Waals surface area contributed by atoms with Gasteiger partial charge in [-0.05, 0) is 69.1 Å². The van der Waals surface area contributed by atoms with Crippen LogP contribution in [-0.4, -0.2) is 75.1 Å². The van der Waals surface area contributed by atoms with Gasteiger partial charge in [0.05, 0.1) is 17.3 Å². The molecule has 1 aliphatic heterocycles. The topological polar surface area (TPSA) is 220 Å². The van der Waals surface area contributed by atoms with Crippen LogP contribution in [0.1, 0.15) is 51.7 Å². The second-order valence-electron chi connectivity index (χ2n) is 11.6. The highest BCUT2D eigenvalue weighted by Gasteiger charge is 2.25. The van der Waals surface area contributed by atoms with Crippen LogP contribution < -0.4 is 37.2 Å². The quantitative estimate of drug-likeness (QED) is 0.165. The first-order chi connectivity index (χ1) is 23.6. The molecule has 0 spiro atoms. The van der Waals surface area contributed by atoms with Crippen LogP contribution in [0.5, 0.6) is 11.5 Å². The van der Waals surface area contributed by atoms with Gasteiger partial charge >= 0.3 is 0 Å². The van der Waals surface area contributed by atoms with Crippen LogP contribution in [0, 0.1) is 6.92 Å². The van der Waals surface area contributed by atoms with Crippen LogP contribution in [0.3, 0.4) is 0 Å². The number of anilines is 1. The maximum Gasteiger partial charge on any atom is 0.261 e. The number of rotatable bonds is 7. The van der Waals surface area contributed by atoms with E-state index in [-0.39, 0.29) is 66.4 Å². The number of aromatic hydroxyl groups is 1. The van der Waals surface area contributed by atoms with Gasteiger partial charge in [-0.15, -0.1) is 0 Å². The van der Waals surface area contributed by atoms with Gasteiger partial charge in [0.1, 0.15) is 29.7 Å². The summed E-state index contributed by atoms with van der Waals surface area (Å²) in [6.07, 6.45) is 3.27. The molecule has 15 nitrogen and oxygen atoms in total. The van der Waals surface area contributed by atoms with E-state index in [0.717, 1.165) is 5.56 Å². The monoisotopic (exact) mass is 670 g/mol. The number of aryl methyl sites for hydroxylation is 2. The van der Waals surface area contributed by atoms with Crippen LogP contribution in [0.2, 0.25) is 0 Å². The summed E-state index contributed by atoms with van der Waals surface area (Å²) in [4.78, 5) is 74.6. The molecule has 4 amide bonds. The van der Waals surface area contributed by atoms with E-state index in [0.29, 0.717) is 24.3 Å². The normalized spacial score (nSPS) is 17.2. The highest BCUT2D eigenvalue weighted by Crippen LogP contribution is 2.25. The van der Waals surface area contributed by atoms with E-state index in [2.05, 4.69) is 31.2 Å². The maximum atomic E-state index is 13.4. The van der Waals surface area contributed by atoms with Crippen molar-refractivity contribution in [3.05, 3.63) is 87.5 Å². The van der Waals surface area contributed by atoms with Gasteiger partial charge in [-0.25, -0.2) is 9.97 Å². The van der Waals surface area contributed by atoms with Gasteiger partial charge in [0.15, 0.2) is 11.2 Å². The van der Waals surface area contributed by atoms with Gasteiger partial charge in [-0.3, -0.25) is 24.0 Å². The Labute approximate surface area is 281 Å². The number of phenols is 1. The summed E-state index contributed by atoms with van der Waals surface area (Å²) >= 11 is 0. The van der Waals surface area contributed by atoms with Crippen LogP contribution in [0.15, 0.2) is 59.7 Å². The number of carbonyl (C=O) groups is 4. The zero-order valence-electron chi connectivity index (χ0n) is 27.1. The molecule has 3 heterocycles. The predicted octanol–water partition coefficient (Wildman–Crippen LogP) is 1.15. The van der Waals surface area contributed by atoms with Crippen molar-refractivity contribution < 1.29 is 29.0 Å². The second kappa shape index (κ2) is 15.4. The summed E-state index contributed by atoms with van der Waals surface area (Å²) in [5.41, 5.74) is 7.08. The number of aromatic nitrogens is 3. The Morgan fingerprint density at radius 3 is 2.63 bits per heavy atom. The van der Waals surface area contributed by atoms with Gasteiger partial charge < -0.3 is 41.4 Å². The molecule has 0 unspecified atom stereocenters. The lowest BCUT2D eigenvalue weighted by Crippen LogP contribution is -2.52. The molecule has 0 saturated carbocycles. The van der Waals surface area contributed by atoms with Gasteiger partial charge in [0, 0.05) is 37.6 Å². The number of nitrogens with two attached hydrogens (primary N) is 1. The summed E-state index contributed by atoms with van der Waals surface area (Å²) in [5, 5.41) is 20.7. The van der Waals surface area contributed by atoms with Crippen molar-refractivity contribution in [3.63, 3.8) is 0 Å². The number of nitrogens with one attached hydrogen (secondary N) is 4. The number of amides is 4. The molecule has 15 heteroatoms. The van der Waals surface area contributed by atoms with Crippen molar-refractivity contribution in [2.45, 2.75) is 51.7 Å². The summed E-state index contributed by atoms with van der Waals surface area (Å²) in [6.45, 7) is 4.08.